The fourth-order valence-electron chi connectivity index (χ4n) is 1.94. The maximum atomic E-state index is 12.0. The number of rotatable bonds is 4. The summed E-state index contributed by atoms with van der Waals surface area (Å²) in [5, 5.41) is 24.2. The predicted molar refractivity (Wildman–Crippen MR) is 84.2 cm³/mol. The van der Waals surface area contributed by atoms with Crippen LogP contribution in [0.15, 0.2) is 44.6 Å². The van der Waals surface area contributed by atoms with Crippen molar-refractivity contribution in [3.8, 4) is 5.75 Å². The van der Waals surface area contributed by atoms with Crippen LogP contribution in [-0.2, 0) is 0 Å². The second-order valence-corrected chi connectivity index (χ2v) is 4.85. The van der Waals surface area contributed by atoms with Crippen LogP contribution in [-0.4, -0.2) is 21.6 Å². The first kappa shape index (κ1) is 16.9. The van der Waals surface area contributed by atoms with Crippen molar-refractivity contribution >= 4 is 17.3 Å². The standard InChI is InChI=1S/C15H13N3O6/c1-8-6-12(19)13(15(21)24-8)9(2)16-17-14(20)10-4-3-5-11(7-10)18(22)23/h3-7,19H,1-2H3,(H,17,20)/b16-9+. The number of hydrogen-bond acceptors (Lipinski definition) is 7. The summed E-state index contributed by atoms with van der Waals surface area (Å²) in [5.74, 6) is -0.793. The highest BCUT2D eigenvalue weighted by molar-refractivity contribution is 6.02. The average molecular weight is 331 g/mol. The van der Waals surface area contributed by atoms with Crippen molar-refractivity contribution in [2.75, 3.05) is 0 Å². The first-order chi connectivity index (χ1) is 11.3. The normalized spacial score (nSPS) is 11.2. The Hall–Kier alpha value is -3.49. The Morgan fingerprint density at radius 3 is 2.71 bits per heavy atom. The van der Waals surface area contributed by atoms with Gasteiger partial charge >= 0.3 is 5.63 Å². The van der Waals surface area contributed by atoms with E-state index < -0.39 is 16.5 Å². The van der Waals surface area contributed by atoms with Crippen molar-refractivity contribution in [2.24, 2.45) is 5.10 Å². The summed E-state index contributed by atoms with van der Waals surface area (Å²) in [4.78, 5) is 33.8. The molecule has 0 saturated carbocycles. The van der Waals surface area contributed by atoms with Crippen LogP contribution in [0, 0.1) is 17.0 Å². The van der Waals surface area contributed by atoms with Gasteiger partial charge in [0.1, 0.15) is 17.1 Å². The maximum Gasteiger partial charge on any atom is 0.348 e. The molecule has 0 unspecified atom stereocenters. The third kappa shape index (κ3) is 3.64. The molecule has 0 saturated heterocycles. The molecule has 9 heteroatoms. The summed E-state index contributed by atoms with van der Waals surface area (Å²) >= 11 is 0. The number of benzene rings is 1. The highest BCUT2D eigenvalue weighted by atomic mass is 16.6. The number of carbonyl (C=O) groups is 1. The largest absolute Gasteiger partial charge is 0.507 e. The Morgan fingerprint density at radius 2 is 2.08 bits per heavy atom. The number of nitro groups is 1. The second-order valence-electron chi connectivity index (χ2n) is 4.85. The maximum absolute atomic E-state index is 12.0. The first-order valence-electron chi connectivity index (χ1n) is 6.72. The molecule has 0 atom stereocenters. The highest BCUT2D eigenvalue weighted by Gasteiger charge is 2.14. The van der Waals surface area contributed by atoms with Gasteiger partial charge in [-0.3, -0.25) is 14.9 Å². The Morgan fingerprint density at radius 1 is 1.38 bits per heavy atom. The van der Waals surface area contributed by atoms with Crippen LogP contribution < -0.4 is 11.1 Å². The van der Waals surface area contributed by atoms with Gasteiger partial charge in [-0.15, -0.1) is 0 Å². The molecule has 0 fully saturated rings. The molecule has 0 aliphatic rings. The molecule has 0 radical (unpaired) electrons. The van der Waals surface area contributed by atoms with Crippen LogP contribution in [0.3, 0.4) is 0 Å². The predicted octanol–water partition coefficient (Wildman–Crippen LogP) is 1.72. The van der Waals surface area contributed by atoms with Crippen LogP contribution in [0.2, 0.25) is 0 Å². The van der Waals surface area contributed by atoms with Gasteiger partial charge in [0.15, 0.2) is 0 Å². The Labute approximate surface area is 135 Å². The van der Waals surface area contributed by atoms with Gasteiger partial charge in [0.05, 0.1) is 10.6 Å². The number of nitrogens with zero attached hydrogens (tertiary/aromatic N) is 2. The quantitative estimate of drug-likeness (QED) is 0.497. The highest BCUT2D eigenvalue weighted by Crippen LogP contribution is 2.15. The third-order valence-corrected chi connectivity index (χ3v) is 3.06. The molecule has 24 heavy (non-hydrogen) atoms. The Bertz CT molecular complexity index is 900. The third-order valence-electron chi connectivity index (χ3n) is 3.06. The van der Waals surface area contributed by atoms with Crippen LogP contribution in [0.25, 0.3) is 0 Å². The fourth-order valence-corrected chi connectivity index (χ4v) is 1.94. The van der Waals surface area contributed by atoms with Gasteiger partial charge in [-0.2, -0.15) is 5.10 Å². The zero-order chi connectivity index (χ0) is 17.9. The number of aromatic hydroxyl groups is 1. The number of aryl methyl sites for hydroxylation is 1. The molecule has 1 heterocycles. The van der Waals surface area contributed by atoms with Crippen LogP contribution in [0.1, 0.15) is 28.6 Å². The molecular formula is C15H13N3O6. The average Bonchev–Trinajstić information content (AvgIpc) is 2.51. The van der Waals surface area contributed by atoms with E-state index in [0.29, 0.717) is 0 Å². The van der Waals surface area contributed by atoms with E-state index in [9.17, 15) is 24.8 Å². The molecule has 2 rings (SSSR count). The smallest absolute Gasteiger partial charge is 0.348 e. The van der Waals surface area contributed by atoms with Crippen molar-refractivity contribution in [1.29, 1.82) is 0 Å². The Balaban J connectivity index is 2.24. The molecule has 0 aliphatic carbocycles. The van der Waals surface area contributed by atoms with Crippen LogP contribution in [0.5, 0.6) is 5.75 Å². The molecular weight excluding hydrogens is 318 g/mol. The van der Waals surface area contributed by atoms with Crippen molar-refractivity contribution in [1.82, 2.24) is 5.43 Å². The number of carbonyl (C=O) groups excluding carboxylic acids is 1. The summed E-state index contributed by atoms with van der Waals surface area (Å²) in [7, 11) is 0. The molecule has 1 amide bonds. The lowest BCUT2D eigenvalue weighted by Crippen LogP contribution is -2.21. The number of non-ortho nitro benzene ring substituents is 1. The zero-order valence-corrected chi connectivity index (χ0v) is 12.8. The van der Waals surface area contributed by atoms with E-state index >= 15 is 0 Å². The molecule has 9 nitrogen and oxygen atoms in total. The summed E-state index contributed by atoms with van der Waals surface area (Å²) in [6.45, 7) is 2.90. The SMILES string of the molecule is C/C(=N\NC(=O)c1cccc([N+](=O)[O-])c1)c1c(O)cc(C)oc1=O. The number of nitrogens with one attached hydrogen (secondary N) is 1. The molecule has 2 N–H and O–H groups in total. The Kier molecular flexibility index (Phi) is 4.73. The van der Waals surface area contributed by atoms with Gasteiger partial charge in [0.2, 0.25) is 0 Å². The fraction of sp³-hybridized carbons (Fsp3) is 0.133. The van der Waals surface area contributed by atoms with Crippen molar-refractivity contribution in [3.63, 3.8) is 0 Å². The summed E-state index contributed by atoms with van der Waals surface area (Å²) in [6.07, 6.45) is 0. The van der Waals surface area contributed by atoms with E-state index in [0.717, 1.165) is 6.07 Å². The van der Waals surface area contributed by atoms with Crippen molar-refractivity contribution < 1.29 is 19.2 Å². The van der Waals surface area contributed by atoms with E-state index in [4.69, 9.17) is 4.42 Å². The van der Waals surface area contributed by atoms with Gasteiger partial charge in [0, 0.05) is 23.8 Å². The molecule has 2 aromatic rings. The van der Waals surface area contributed by atoms with Crippen LogP contribution >= 0.6 is 0 Å². The van der Waals surface area contributed by atoms with E-state index in [1.807, 2.05) is 0 Å². The minimum atomic E-state index is -0.793. The molecule has 0 bridgehead atoms. The van der Waals surface area contributed by atoms with Gasteiger partial charge in [0.25, 0.3) is 11.6 Å². The zero-order valence-electron chi connectivity index (χ0n) is 12.8. The summed E-state index contributed by atoms with van der Waals surface area (Å²) in [5.41, 5.74) is 1.01. The van der Waals surface area contributed by atoms with Gasteiger partial charge in [-0.25, -0.2) is 10.2 Å². The minimum absolute atomic E-state index is 0.0278. The topological polar surface area (TPSA) is 135 Å². The van der Waals surface area contributed by atoms with E-state index in [1.54, 1.807) is 0 Å². The van der Waals surface area contributed by atoms with Gasteiger partial charge < -0.3 is 9.52 Å². The number of hydrazone groups is 1. The minimum Gasteiger partial charge on any atom is -0.507 e. The number of nitro benzene ring substituents is 1. The molecule has 124 valence electrons. The molecule has 0 aliphatic heterocycles. The molecule has 1 aromatic heterocycles. The van der Waals surface area contributed by atoms with E-state index in [-0.39, 0.29) is 34.0 Å². The number of hydrogen-bond donors (Lipinski definition) is 2. The lowest BCUT2D eigenvalue weighted by atomic mass is 10.2. The second kappa shape index (κ2) is 6.73. The first-order valence-corrected chi connectivity index (χ1v) is 6.72. The summed E-state index contributed by atoms with van der Waals surface area (Å²) < 4.78 is 4.86. The van der Waals surface area contributed by atoms with Gasteiger partial charge in [-0.1, -0.05) is 6.07 Å². The molecule has 0 spiro atoms. The van der Waals surface area contributed by atoms with E-state index in [2.05, 4.69) is 10.5 Å². The summed E-state index contributed by atoms with van der Waals surface area (Å²) in [6, 6.07) is 6.34. The van der Waals surface area contributed by atoms with Crippen molar-refractivity contribution in [2.45, 2.75) is 13.8 Å². The lowest BCUT2D eigenvalue weighted by Gasteiger charge is -2.04. The van der Waals surface area contributed by atoms with E-state index in [1.165, 1.54) is 38.1 Å². The van der Waals surface area contributed by atoms with Crippen molar-refractivity contribution in [3.05, 3.63) is 67.8 Å². The van der Waals surface area contributed by atoms with Crippen LogP contribution in [0.4, 0.5) is 5.69 Å². The monoisotopic (exact) mass is 331 g/mol. The van der Waals surface area contributed by atoms with Gasteiger partial charge in [-0.05, 0) is 19.9 Å². The lowest BCUT2D eigenvalue weighted by molar-refractivity contribution is -0.384. The molecule has 1 aromatic carbocycles. The number of amides is 1.